The number of aliphatic hydroxyl groups excluding tert-OH is 1. The molecule has 0 saturated carbocycles. The summed E-state index contributed by atoms with van der Waals surface area (Å²) >= 11 is 12.1. The highest BCUT2D eigenvalue weighted by Gasteiger charge is 2.08. The zero-order valence-electron chi connectivity index (χ0n) is 14.3. The van der Waals surface area contributed by atoms with Gasteiger partial charge in [0.25, 0.3) is 0 Å². The molecular weight excluding hydrogens is 387 g/mol. The zero-order chi connectivity index (χ0) is 19.1. The number of hydrogen-bond donors (Lipinski definition) is 4. The number of anilines is 3. The lowest BCUT2D eigenvalue weighted by Gasteiger charge is -2.13. The fourth-order valence-electron chi connectivity index (χ4n) is 2.26. The Labute approximate surface area is 166 Å². The van der Waals surface area contributed by atoms with Crippen molar-refractivity contribution in [3.8, 4) is 11.3 Å². The van der Waals surface area contributed by atoms with Crippen molar-refractivity contribution in [1.29, 1.82) is 0 Å². The number of benzene rings is 1. The lowest BCUT2D eigenvalue weighted by molar-refractivity contribution is 0.292. The van der Waals surface area contributed by atoms with E-state index in [0.717, 1.165) is 11.3 Å². The molecule has 0 saturated heterocycles. The van der Waals surface area contributed by atoms with Gasteiger partial charge < -0.3 is 10.4 Å². The second kappa shape index (κ2) is 9.36. The van der Waals surface area contributed by atoms with E-state index in [4.69, 9.17) is 28.3 Å². The molecule has 0 aliphatic rings. The van der Waals surface area contributed by atoms with Crippen LogP contribution >= 0.6 is 23.2 Å². The number of nitrogens with one attached hydrogen (secondary N) is 3. The van der Waals surface area contributed by atoms with Crippen molar-refractivity contribution in [2.75, 3.05) is 29.3 Å². The molecule has 3 aromatic rings. The Kier molecular flexibility index (Phi) is 6.64. The number of rotatable bonds is 8. The predicted molar refractivity (Wildman–Crippen MR) is 109 cm³/mol. The normalized spacial score (nSPS) is 10.5. The molecule has 0 spiro atoms. The number of halogens is 2. The van der Waals surface area contributed by atoms with E-state index in [9.17, 15) is 0 Å². The van der Waals surface area contributed by atoms with Crippen molar-refractivity contribution in [1.82, 2.24) is 15.0 Å². The highest BCUT2D eigenvalue weighted by molar-refractivity contribution is 6.36. The summed E-state index contributed by atoms with van der Waals surface area (Å²) in [5.41, 5.74) is 8.35. The molecule has 9 heteroatoms. The smallest absolute Gasteiger partial charge is 0.225 e. The predicted octanol–water partition coefficient (Wildman–Crippen LogP) is 4.08. The summed E-state index contributed by atoms with van der Waals surface area (Å²) in [5.74, 6) is 0.999. The van der Waals surface area contributed by atoms with Crippen LogP contribution in [-0.4, -0.2) is 33.2 Å². The van der Waals surface area contributed by atoms with Crippen molar-refractivity contribution in [3.63, 3.8) is 0 Å². The Morgan fingerprint density at radius 1 is 0.963 bits per heavy atom. The van der Waals surface area contributed by atoms with Crippen LogP contribution in [0.1, 0.15) is 6.42 Å². The number of pyridine rings is 1. The first-order valence-corrected chi connectivity index (χ1v) is 9.02. The molecule has 0 aliphatic carbocycles. The fourth-order valence-corrected chi connectivity index (χ4v) is 2.72. The van der Waals surface area contributed by atoms with Crippen molar-refractivity contribution in [2.45, 2.75) is 6.42 Å². The molecule has 27 heavy (non-hydrogen) atoms. The minimum atomic E-state index is 0.0960. The molecule has 0 aliphatic heterocycles. The SMILES string of the molecule is OCCCNc1nc(NNc2ccc(Cl)cc2Cl)cc(-c2ccncc2)n1. The fraction of sp³-hybridized carbons (Fsp3) is 0.167. The minimum Gasteiger partial charge on any atom is -0.396 e. The second-order valence-corrected chi connectivity index (χ2v) is 6.42. The van der Waals surface area contributed by atoms with Gasteiger partial charge in [0.15, 0.2) is 5.82 Å². The number of nitrogens with zero attached hydrogens (tertiary/aromatic N) is 3. The number of hydrogen-bond acceptors (Lipinski definition) is 7. The summed E-state index contributed by atoms with van der Waals surface area (Å²) in [6, 6.07) is 10.7. The summed E-state index contributed by atoms with van der Waals surface area (Å²) < 4.78 is 0. The lowest BCUT2D eigenvalue weighted by atomic mass is 10.2. The Hall–Kier alpha value is -2.61. The molecular formula is C18H18Cl2N6O. The van der Waals surface area contributed by atoms with Crippen molar-refractivity contribution < 1.29 is 5.11 Å². The molecule has 0 atom stereocenters. The Balaban J connectivity index is 1.83. The second-order valence-electron chi connectivity index (χ2n) is 5.58. The molecule has 3 rings (SSSR count). The molecule has 0 fully saturated rings. The van der Waals surface area contributed by atoms with E-state index in [2.05, 4.69) is 31.1 Å². The first-order chi connectivity index (χ1) is 13.2. The molecule has 0 amide bonds. The maximum atomic E-state index is 8.96. The average Bonchev–Trinajstić information content (AvgIpc) is 2.68. The highest BCUT2D eigenvalue weighted by atomic mass is 35.5. The Bertz CT molecular complexity index is 894. The van der Waals surface area contributed by atoms with Crippen LogP contribution in [0.2, 0.25) is 10.0 Å². The third-order valence-electron chi connectivity index (χ3n) is 3.58. The van der Waals surface area contributed by atoms with Crippen LogP contribution in [0.4, 0.5) is 17.5 Å². The van der Waals surface area contributed by atoms with Gasteiger partial charge in [-0.2, -0.15) is 4.98 Å². The molecule has 2 heterocycles. The lowest BCUT2D eigenvalue weighted by Crippen LogP contribution is -2.13. The summed E-state index contributed by atoms with van der Waals surface area (Å²) in [6.07, 6.45) is 4.01. The van der Waals surface area contributed by atoms with Gasteiger partial charge in [-0.1, -0.05) is 23.2 Å². The van der Waals surface area contributed by atoms with Gasteiger partial charge in [-0.25, -0.2) is 4.98 Å². The third-order valence-corrected chi connectivity index (χ3v) is 4.12. The van der Waals surface area contributed by atoms with E-state index in [1.807, 2.05) is 18.2 Å². The molecule has 140 valence electrons. The van der Waals surface area contributed by atoms with Gasteiger partial charge in [0.1, 0.15) is 0 Å². The van der Waals surface area contributed by atoms with Crippen molar-refractivity contribution >= 4 is 40.7 Å². The summed E-state index contributed by atoms with van der Waals surface area (Å²) in [6.45, 7) is 0.658. The maximum Gasteiger partial charge on any atom is 0.225 e. The first-order valence-electron chi connectivity index (χ1n) is 8.27. The Morgan fingerprint density at radius 3 is 2.52 bits per heavy atom. The topological polar surface area (TPSA) is 95.0 Å². The van der Waals surface area contributed by atoms with Gasteiger partial charge in [0.2, 0.25) is 5.95 Å². The van der Waals surface area contributed by atoms with Gasteiger partial charge in [-0.3, -0.25) is 15.8 Å². The van der Waals surface area contributed by atoms with Crippen molar-refractivity contribution in [2.24, 2.45) is 0 Å². The van der Waals surface area contributed by atoms with E-state index < -0.39 is 0 Å². The van der Waals surface area contributed by atoms with Gasteiger partial charge in [0.05, 0.1) is 16.4 Å². The number of hydrazine groups is 1. The Morgan fingerprint density at radius 2 is 1.78 bits per heavy atom. The third kappa shape index (κ3) is 5.43. The molecule has 4 N–H and O–H groups in total. The number of aliphatic hydroxyl groups is 1. The van der Waals surface area contributed by atoms with Crippen LogP contribution in [0.15, 0.2) is 48.8 Å². The maximum absolute atomic E-state index is 8.96. The van der Waals surface area contributed by atoms with Crippen molar-refractivity contribution in [3.05, 3.63) is 58.8 Å². The van der Waals surface area contributed by atoms with Crippen LogP contribution in [0, 0.1) is 0 Å². The monoisotopic (exact) mass is 404 g/mol. The molecule has 1 aromatic carbocycles. The largest absolute Gasteiger partial charge is 0.396 e. The number of aromatic nitrogens is 3. The summed E-state index contributed by atoms with van der Waals surface area (Å²) in [7, 11) is 0. The standard InChI is InChI=1S/C18H18Cl2N6O/c19-13-2-3-15(14(20)10-13)25-26-17-11-16(12-4-7-21-8-5-12)23-18(24-17)22-6-1-9-27/h2-5,7-8,10-11,25,27H,1,6,9H2,(H2,22,23,24,26). The minimum absolute atomic E-state index is 0.0960. The zero-order valence-corrected chi connectivity index (χ0v) is 15.8. The van der Waals surface area contributed by atoms with E-state index in [1.165, 1.54) is 0 Å². The van der Waals surface area contributed by atoms with Crippen LogP contribution in [-0.2, 0) is 0 Å². The first kappa shape index (κ1) is 19.2. The summed E-state index contributed by atoms with van der Waals surface area (Å²) in [4.78, 5) is 13.0. The summed E-state index contributed by atoms with van der Waals surface area (Å²) in [5, 5.41) is 13.1. The van der Waals surface area contributed by atoms with Gasteiger partial charge in [-0.05, 0) is 36.8 Å². The van der Waals surface area contributed by atoms with Gasteiger partial charge >= 0.3 is 0 Å². The highest BCUT2D eigenvalue weighted by Crippen LogP contribution is 2.26. The van der Waals surface area contributed by atoms with Crippen LogP contribution < -0.4 is 16.2 Å². The van der Waals surface area contributed by atoms with E-state index in [1.54, 1.807) is 30.6 Å². The van der Waals surface area contributed by atoms with Crippen LogP contribution in [0.25, 0.3) is 11.3 Å². The quantitative estimate of drug-likeness (QED) is 0.331. The molecule has 7 nitrogen and oxygen atoms in total. The van der Waals surface area contributed by atoms with E-state index in [0.29, 0.717) is 40.5 Å². The van der Waals surface area contributed by atoms with E-state index in [-0.39, 0.29) is 6.61 Å². The van der Waals surface area contributed by atoms with Gasteiger partial charge in [-0.15, -0.1) is 0 Å². The molecule has 0 unspecified atom stereocenters. The van der Waals surface area contributed by atoms with Crippen LogP contribution in [0.5, 0.6) is 0 Å². The molecule has 0 bridgehead atoms. The van der Waals surface area contributed by atoms with Gasteiger partial charge in [0, 0.05) is 42.2 Å². The average molecular weight is 405 g/mol. The van der Waals surface area contributed by atoms with Crippen LogP contribution in [0.3, 0.4) is 0 Å². The van der Waals surface area contributed by atoms with E-state index >= 15 is 0 Å². The molecule has 0 radical (unpaired) electrons. The molecule has 2 aromatic heterocycles.